The molecule has 154 valence electrons. The van der Waals surface area contributed by atoms with Crippen molar-refractivity contribution in [2.45, 2.75) is 25.8 Å². The van der Waals surface area contributed by atoms with Crippen LogP contribution in [0.15, 0.2) is 53.0 Å². The van der Waals surface area contributed by atoms with Crippen molar-refractivity contribution < 1.29 is 9.59 Å². The van der Waals surface area contributed by atoms with Gasteiger partial charge in [0.15, 0.2) is 0 Å². The van der Waals surface area contributed by atoms with Crippen LogP contribution in [0.25, 0.3) is 0 Å². The molecular weight excluding hydrogens is 466 g/mol. The predicted molar refractivity (Wildman–Crippen MR) is 121 cm³/mol. The number of hydrogen-bond donors (Lipinski definition) is 2. The van der Waals surface area contributed by atoms with Crippen LogP contribution in [-0.2, 0) is 0 Å². The van der Waals surface area contributed by atoms with E-state index in [9.17, 15) is 9.59 Å². The Hall–Kier alpha value is -2.78. The summed E-state index contributed by atoms with van der Waals surface area (Å²) in [6.45, 7) is 2.62. The lowest BCUT2D eigenvalue weighted by Crippen LogP contribution is -2.34. The van der Waals surface area contributed by atoms with Gasteiger partial charge in [0, 0.05) is 16.7 Å². The molecule has 1 saturated heterocycles. The summed E-state index contributed by atoms with van der Waals surface area (Å²) < 4.78 is 0.820. The maximum atomic E-state index is 12.8. The Kier molecular flexibility index (Phi) is 6.10. The van der Waals surface area contributed by atoms with Gasteiger partial charge in [-0.1, -0.05) is 41.2 Å². The second-order valence-electron chi connectivity index (χ2n) is 7.03. The van der Waals surface area contributed by atoms with Crippen LogP contribution in [0, 0.1) is 6.92 Å². The fourth-order valence-electron chi connectivity index (χ4n) is 3.30. The van der Waals surface area contributed by atoms with Crippen LogP contribution in [0.5, 0.6) is 0 Å². The fourth-order valence-corrected chi connectivity index (χ4v) is 4.57. The zero-order chi connectivity index (χ0) is 21.1. The normalized spacial score (nSPS) is 15.8. The zero-order valence-corrected chi connectivity index (χ0v) is 18.7. The smallest absolute Gasteiger partial charge is 0.320 e. The molecule has 1 atom stereocenters. The molecule has 0 aliphatic carbocycles. The van der Waals surface area contributed by atoms with E-state index >= 15 is 0 Å². The van der Waals surface area contributed by atoms with Gasteiger partial charge < -0.3 is 15.5 Å². The van der Waals surface area contributed by atoms with Crippen LogP contribution in [0.4, 0.5) is 16.2 Å². The molecule has 1 fully saturated rings. The number of benzene rings is 2. The molecule has 2 heterocycles. The molecule has 30 heavy (non-hydrogen) atoms. The lowest BCUT2D eigenvalue weighted by molar-refractivity contribution is 0.102. The molecule has 3 aromatic rings. The van der Waals surface area contributed by atoms with Gasteiger partial charge in [-0.15, -0.1) is 10.2 Å². The summed E-state index contributed by atoms with van der Waals surface area (Å²) in [6.07, 6.45) is 1.66. The third-order valence-corrected chi connectivity index (χ3v) is 6.57. The number of aryl methyl sites for hydroxylation is 1. The number of hydrogen-bond acceptors (Lipinski definition) is 5. The minimum Gasteiger partial charge on any atom is -0.320 e. The molecule has 0 radical (unpaired) electrons. The number of carbonyl (C=O) groups is 2. The van der Waals surface area contributed by atoms with E-state index < -0.39 is 0 Å². The van der Waals surface area contributed by atoms with E-state index in [0.717, 1.165) is 22.9 Å². The number of nitrogens with one attached hydrogen (secondary N) is 2. The highest BCUT2D eigenvalue weighted by Crippen LogP contribution is 2.34. The summed E-state index contributed by atoms with van der Waals surface area (Å²) in [7, 11) is 0. The Balaban J connectivity index is 1.45. The number of para-hydroxylation sites is 1. The van der Waals surface area contributed by atoms with Gasteiger partial charge in [0.25, 0.3) is 5.91 Å². The van der Waals surface area contributed by atoms with E-state index in [-0.39, 0.29) is 23.0 Å². The molecule has 9 heteroatoms. The molecule has 0 saturated carbocycles. The Bertz CT molecular complexity index is 1070. The van der Waals surface area contributed by atoms with Crippen LogP contribution >= 0.6 is 27.3 Å². The number of urea groups is 1. The molecular formula is C21H20BrN5O2S. The van der Waals surface area contributed by atoms with Crippen LogP contribution < -0.4 is 10.6 Å². The maximum absolute atomic E-state index is 12.8. The first-order valence-electron chi connectivity index (χ1n) is 9.55. The molecule has 2 N–H and O–H groups in total. The highest BCUT2D eigenvalue weighted by molar-refractivity contribution is 9.10. The minimum atomic E-state index is -0.301. The number of nitrogens with zero attached hydrogens (tertiary/aromatic N) is 3. The molecule has 1 aliphatic heterocycles. The van der Waals surface area contributed by atoms with Gasteiger partial charge in [-0.3, -0.25) is 4.79 Å². The Morgan fingerprint density at radius 3 is 2.63 bits per heavy atom. The summed E-state index contributed by atoms with van der Waals surface area (Å²) in [5, 5.41) is 15.0. The van der Waals surface area contributed by atoms with Gasteiger partial charge in [0.05, 0.1) is 11.7 Å². The quantitative estimate of drug-likeness (QED) is 0.529. The molecule has 0 bridgehead atoms. The van der Waals surface area contributed by atoms with Crippen LogP contribution in [-0.4, -0.2) is 33.6 Å². The number of aromatic nitrogens is 2. The van der Waals surface area contributed by atoms with Gasteiger partial charge in [-0.25, -0.2) is 4.79 Å². The summed E-state index contributed by atoms with van der Waals surface area (Å²) in [5.74, 6) is -0.301. The molecule has 1 aromatic heterocycles. The second-order valence-corrected chi connectivity index (χ2v) is 8.89. The average molecular weight is 486 g/mol. The Labute approximate surface area is 186 Å². The number of anilines is 2. The summed E-state index contributed by atoms with van der Waals surface area (Å²) in [4.78, 5) is 27.1. The number of amides is 3. The average Bonchev–Trinajstić information content (AvgIpc) is 3.40. The maximum Gasteiger partial charge on any atom is 0.322 e. The highest BCUT2D eigenvalue weighted by Gasteiger charge is 2.33. The topological polar surface area (TPSA) is 87.2 Å². The zero-order valence-electron chi connectivity index (χ0n) is 16.3. The van der Waals surface area contributed by atoms with Crippen molar-refractivity contribution in [3.63, 3.8) is 0 Å². The van der Waals surface area contributed by atoms with Crippen molar-refractivity contribution in [2.24, 2.45) is 0 Å². The second kappa shape index (κ2) is 8.93. The van der Waals surface area contributed by atoms with Crippen molar-refractivity contribution in [1.29, 1.82) is 0 Å². The van der Waals surface area contributed by atoms with E-state index in [1.165, 1.54) is 11.3 Å². The van der Waals surface area contributed by atoms with Crippen LogP contribution in [0.1, 0.15) is 39.3 Å². The third kappa shape index (κ3) is 4.52. The van der Waals surface area contributed by atoms with Crippen molar-refractivity contribution in [3.05, 3.63) is 68.6 Å². The molecule has 2 aromatic carbocycles. The van der Waals surface area contributed by atoms with E-state index in [4.69, 9.17) is 0 Å². The number of halogens is 1. The van der Waals surface area contributed by atoms with Gasteiger partial charge in [-0.05, 0) is 60.0 Å². The van der Waals surface area contributed by atoms with Gasteiger partial charge in [-0.2, -0.15) is 0 Å². The largest absolute Gasteiger partial charge is 0.322 e. The standard InChI is InChI=1S/C21H20BrN5O2S/c1-13-8-10-14(11-9-13)23-18(28)20-26-25-19(30-20)17-7-4-12-27(17)21(29)24-16-6-3-2-5-15(16)22/h2-3,5-6,8-11,17H,4,7,12H2,1H3,(H,23,28)(H,24,29)/t17-/m1/s1. The summed E-state index contributed by atoms with van der Waals surface area (Å²) in [6, 6.07) is 14.7. The first-order chi connectivity index (χ1) is 14.5. The van der Waals surface area contributed by atoms with Gasteiger partial charge >= 0.3 is 6.03 Å². The lowest BCUT2D eigenvalue weighted by Gasteiger charge is -2.23. The SMILES string of the molecule is Cc1ccc(NC(=O)c2nnc([C@H]3CCCN3C(=O)Nc3ccccc3Br)s2)cc1. The first-order valence-corrected chi connectivity index (χ1v) is 11.2. The molecule has 7 nitrogen and oxygen atoms in total. The van der Waals surface area contributed by atoms with Crippen molar-refractivity contribution in [1.82, 2.24) is 15.1 Å². The monoisotopic (exact) mass is 485 g/mol. The molecule has 1 aliphatic rings. The molecule has 0 spiro atoms. The van der Waals surface area contributed by atoms with Crippen LogP contribution in [0.3, 0.4) is 0 Å². The third-order valence-electron chi connectivity index (χ3n) is 4.86. The molecule has 4 rings (SSSR count). The number of carbonyl (C=O) groups excluding carboxylic acids is 2. The first kappa shape index (κ1) is 20.5. The molecule has 0 unspecified atom stereocenters. The van der Waals surface area contributed by atoms with Crippen molar-refractivity contribution in [2.75, 3.05) is 17.2 Å². The Morgan fingerprint density at radius 2 is 1.87 bits per heavy atom. The summed E-state index contributed by atoms with van der Waals surface area (Å²) in [5.41, 5.74) is 2.54. The van der Waals surface area contributed by atoms with E-state index in [2.05, 4.69) is 36.8 Å². The van der Waals surface area contributed by atoms with E-state index in [1.807, 2.05) is 55.5 Å². The van der Waals surface area contributed by atoms with E-state index in [0.29, 0.717) is 22.9 Å². The van der Waals surface area contributed by atoms with Crippen molar-refractivity contribution in [3.8, 4) is 0 Å². The number of likely N-dealkylation sites (tertiary alicyclic amines) is 1. The number of rotatable bonds is 4. The Morgan fingerprint density at radius 1 is 1.10 bits per heavy atom. The van der Waals surface area contributed by atoms with Gasteiger partial charge in [0.2, 0.25) is 5.01 Å². The molecule has 3 amide bonds. The highest BCUT2D eigenvalue weighted by atomic mass is 79.9. The van der Waals surface area contributed by atoms with Crippen LogP contribution in [0.2, 0.25) is 0 Å². The lowest BCUT2D eigenvalue weighted by atomic mass is 10.2. The van der Waals surface area contributed by atoms with Crippen molar-refractivity contribution >= 4 is 50.6 Å². The van der Waals surface area contributed by atoms with Gasteiger partial charge in [0.1, 0.15) is 5.01 Å². The summed E-state index contributed by atoms with van der Waals surface area (Å²) >= 11 is 4.67. The predicted octanol–water partition coefficient (Wildman–Crippen LogP) is 5.23. The fraction of sp³-hybridized carbons (Fsp3) is 0.238. The van der Waals surface area contributed by atoms with E-state index in [1.54, 1.807) is 4.90 Å². The minimum absolute atomic E-state index is 0.189.